The number of nitrogens with zero attached hydrogens (tertiary/aromatic N) is 5. The number of aromatic nitrogens is 3. The molecule has 0 aliphatic carbocycles. The van der Waals surface area contributed by atoms with Gasteiger partial charge in [0, 0.05) is 84.2 Å². The van der Waals surface area contributed by atoms with E-state index in [1.54, 1.807) is 42.7 Å². The van der Waals surface area contributed by atoms with Gasteiger partial charge in [0.15, 0.2) is 5.82 Å². The summed E-state index contributed by atoms with van der Waals surface area (Å²) in [4.78, 5) is 60.1. The van der Waals surface area contributed by atoms with Gasteiger partial charge in [-0.3, -0.25) is 28.7 Å². The first-order valence-electron chi connectivity index (χ1n) is 21.2. The lowest BCUT2D eigenvalue weighted by Crippen LogP contribution is -2.44. The average molecular weight is 859 g/mol. The minimum Gasteiger partial charge on any atom is -0.466 e. The van der Waals surface area contributed by atoms with Crippen molar-refractivity contribution in [2.45, 2.75) is 84.8 Å². The Morgan fingerprint density at radius 1 is 0.855 bits per heavy atom. The average Bonchev–Trinajstić information content (AvgIpc) is 3.76. The number of esters is 1. The fraction of sp³-hybridized carbons (Fsp3) is 0.383. The van der Waals surface area contributed by atoms with Gasteiger partial charge in [0.25, 0.3) is 11.8 Å². The van der Waals surface area contributed by atoms with E-state index in [2.05, 4.69) is 53.0 Å². The number of ether oxygens (including phenoxy) is 2. The van der Waals surface area contributed by atoms with Gasteiger partial charge in [-0.2, -0.15) is 0 Å². The number of fused-ring (bicyclic) bond motifs is 4. The Bertz CT molecular complexity index is 2460. The standard InChI is InChI=1S/C47H54N8O6S/c1-7-40(56)54-28(2)26-37(36-12-8-9-13-39(36)54)50-35-20-18-34(19-21-35)46(59)49-23-10-22-48-45(58)33-16-14-32(15-17-33)43-42-29(3)30(4)62-47(42)55-31(5)52-53-44(55)38(51-43)27-41(57)61-25-11-24-60-6/h8-9,12-21,28,37-38,50H,7,10-11,22-27H2,1-6H3,(H,48,58)(H,49,59)/t28-,37+,38-/m0/s1. The number of carbonyl (C=O) groups is 4. The van der Waals surface area contributed by atoms with Crippen LogP contribution in [0.5, 0.6) is 0 Å². The van der Waals surface area contributed by atoms with Gasteiger partial charge in [0.05, 0.1) is 24.8 Å². The summed E-state index contributed by atoms with van der Waals surface area (Å²) in [6, 6.07) is 22.1. The van der Waals surface area contributed by atoms with Crippen molar-refractivity contribution >= 4 is 52.1 Å². The van der Waals surface area contributed by atoms with Crippen molar-refractivity contribution in [3.8, 4) is 5.00 Å². The molecule has 0 fully saturated rings. The number of benzene rings is 3. The molecule has 0 bridgehead atoms. The number of anilines is 2. The molecule has 3 atom stereocenters. The molecule has 0 spiro atoms. The number of thiophene rings is 1. The van der Waals surface area contributed by atoms with Gasteiger partial charge >= 0.3 is 5.97 Å². The Morgan fingerprint density at radius 3 is 2.21 bits per heavy atom. The molecule has 324 valence electrons. The summed E-state index contributed by atoms with van der Waals surface area (Å²) in [5.41, 5.74) is 7.45. The number of para-hydroxylation sites is 1. The second-order valence-corrected chi connectivity index (χ2v) is 16.8. The topological polar surface area (TPSA) is 169 Å². The van der Waals surface area contributed by atoms with E-state index in [1.165, 1.54) is 0 Å². The number of rotatable bonds is 16. The van der Waals surface area contributed by atoms with Crippen LogP contribution < -0.4 is 20.9 Å². The van der Waals surface area contributed by atoms with Crippen molar-refractivity contribution in [3.63, 3.8) is 0 Å². The highest BCUT2D eigenvalue weighted by Gasteiger charge is 2.34. The normalized spacial score (nSPS) is 16.6. The van der Waals surface area contributed by atoms with Crippen molar-refractivity contribution in [1.29, 1.82) is 0 Å². The monoisotopic (exact) mass is 858 g/mol. The number of nitrogens with one attached hydrogen (secondary N) is 3. The van der Waals surface area contributed by atoms with Gasteiger partial charge in [0.2, 0.25) is 5.91 Å². The third kappa shape index (κ3) is 9.48. The van der Waals surface area contributed by atoms with Crippen LogP contribution in [0.25, 0.3) is 5.00 Å². The Balaban J connectivity index is 0.934. The van der Waals surface area contributed by atoms with Gasteiger partial charge < -0.3 is 30.3 Å². The van der Waals surface area contributed by atoms with E-state index in [-0.39, 0.29) is 48.8 Å². The Labute approximate surface area is 366 Å². The van der Waals surface area contributed by atoms with Gasteiger partial charge in [-0.05, 0) is 94.1 Å². The molecule has 0 radical (unpaired) electrons. The van der Waals surface area contributed by atoms with Crippen LogP contribution in [0.3, 0.4) is 0 Å². The van der Waals surface area contributed by atoms with Crippen molar-refractivity contribution in [1.82, 2.24) is 25.4 Å². The summed E-state index contributed by atoms with van der Waals surface area (Å²) in [7, 11) is 1.61. The summed E-state index contributed by atoms with van der Waals surface area (Å²) in [6.45, 7) is 11.5. The number of methoxy groups -OCH3 is 1. The lowest BCUT2D eigenvalue weighted by molar-refractivity contribution is -0.144. The van der Waals surface area contributed by atoms with E-state index >= 15 is 0 Å². The largest absolute Gasteiger partial charge is 0.466 e. The van der Waals surface area contributed by atoms with Gasteiger partial charge in [0.1, 0.15) is 16.9 Å². The number of carbonyl (C=O) groups excluding carboxylic acids is 4. The van der Waals surface area contributed by atoms with Crippen LogP contribution >= 0.6 is 11.3 Å². The van der Waals surface area contributed by atoms with Gasteiger partial charge in [-0.1, -0.05) is 37.3 Å². The Morgan fingerprint density at radius 2 is 1.53 bits per heavy atom. The van der Waals surface area contributed by atoms with Crippen molar-refractivity contribution in [3.05, 3.63) is 123 Å². The Hall–Kier alpha value is -6.19. The highest BCUT2D eigenvalue weighted by Crippen LogP contribution is 2.41. The molecular weight excluding hydrogens is 805 g/mol. The fourth-order valence-corrected chi connectivity index (χ4v) is 9.24. The van der Waals surface area contributed by atoms with Gasteiger partial charge in [-0.15, -0.1) is 21.5 Å². The van der Waals surface area contributed by atoms with Crippen molar-refractivity contribution in [2.24, 2.45) is 4.99 Å². The molecule has 0 unspecified atom stereocenters. The summed E-state index contributed by atoms with van der Waals surface area (Å²) < 4.78 is 12.6. The van der Waals surface area contributed by atoms with Crippen molar-refractivity contribution < 1.29 is 28.7 Å². The number of hydrogen-bond acceptors (Lipinski definition) is 11. The molecule has 3 aromatic carbocycles. The van der Waals surface area contributed by atoms with Crippen LogP contribution in [0.2, 0.25) is 0 Å². The van der Waals surface area contributed by atoms with E-state index < -0.39 is 6.04 Å². The molecule has 62 heavy (non-hydrogen) atoms. The zero-order valence-electron chi connectivity index (χ0n) is 36.1. The van der Waals surface area contributed by atoms with Crippen LogP contribution in [-0.4, -0.2) is 83.6 Å². The third-order valence-corrected chi connectivity index (χ3v) is 12.5. The highest BCUT2D eigenvalue weighted by atomic mass is 32.1. The molecule has 0 saturated heterocycles. The first-order chi connectivity index (χ1) is 30.0. The second-order valence-electron chi connectivity index (χ2n) is 15.6. The molecule has 0 saturated carbocycles. The summed E-state index contributed by atoms with van der Waals surface area (Å²) in [5.74, 6) is 0.576. The lowest BCUT2D eigenvalue weighted by Gasteiger charge is -2.40. The van der Waals surface area contributed by atoms with Crippen LogP contribution in [-0.2, 0) is 19.1 Å². The molecular formula is C47H54N8O6S. The highest BCUT2D eigenvalue weighted by molar-refractivity contribution is 7.15. The first kappa shape index (κ1) is 43.9. The molecule has 4 heterocycles. The SMILES string of the molecule is CCC(=O)N1c2ccccc2[C@H](Nc2ccc(C(=O)NCCCNC(=O)c3ccc(C4=N[C@@H](CC(=O)OCCCOC)c5nnc(C)n5-c5sc(C)c(C)c54)cc3)cc2)C[C@@H]1C. The number of aliphatic imine (C=N–C) groups is 1. The predicted molar refractivity (Wildman–Crippen MR) is 241 cm³/mol. The van der Waals surface area contributed by atoms with E-state index in [9.17, 15) is 19.2 Å². The van der Waals surface area contributed by atoms with Crippen LogP contribution in [0.1, 0.15) is 118 Å². The number of amides is 3. The molecule has 5 aromatic rings. The molecule has 15 heteroatoms. The maximum Gasteiger partial charge on any atom is 0.308 e. The molecule has 14 nitrogen and oxygen atoms in total. The summed E-state index contributed by atoms with van der Waals surface area (Å²) in [5, 5.41) is 19.3. The van der Waals surface area contributed by atoms with Crippen LogP contribution in [0.15, 0.2) is 77.8 Å². The molecule has 2 aromatic heterocycles. The predicted octanol–water partition coefficient (Wildman–Crippen LogP) is 7.35. The summed E-state index contributed by atoms with van der Waals surface area (Å²) >= 11 is 1.63. The minimum absolute atomic E-state index is 0.00803. The number of hydrogen-bond donors (Lipinski definition) is 3. The van der Waals surface area contributed by atoms with E-state index in [4.69, 9.17) is 14.5 Å². The Kier molecular flexibility index (Phi) is 13.9. The van der Waals surface area contributed by atoms with E-state index in [0.717, 1.165) is 49.9 Å². The first-order valence-corrected chi connectivity index (χ1v) is 22.0. The maximum absolute atomic E-state index is 13.2. The van der Waals surface area contributed by atoms with Crippen molar-refractivity contribution in [2.75, 3.05) is 43.6 Å². The fourth-order valence-electron chi connectivity index (χ4n) is 8.03. The number of aryl methyl sites for hydroxylation is 2. The molecule has 3 amide bonds. The molecule has 2 aliphatic heterocycles. The van der Waals surface area contributed by atoms with Gasteiger partial charge in [-0.25, -0.2) is 0 Å². The zero-order valence-corrected chi connectivity index (χ0v) is 36.9. The van der Waals surface area contributed by atoms with E-state index in [0.29, 0.717) is 67.4 Å². The smallest absolute Gasteiger partial charge is 0.308 e. The molecule has 3 N–H and O–H groups in total. The second kappa shape index (κ2) is 19.7. The van der Waals surface area contributed by atoms with Crippen LogP contribution in [0.4, 0.5) is 11.4 Å². The summed E-state index contributed by atoms with van der Waals surface area (Å²) in [6.07, 6.45) is 2.35. The molecule has 2 aliphatic rings. The van der Waals surface area contributed by atoms with E-state index in [1.807, 2.05) is 65.8 Å². The zero-order chi connectivity index (χ0) is 43.9. The quantitative estimate of drug-likeness (QED) is 0.0679. The third-order valence-electron chi connectivity index (χ3n) is 11.3. The minimum atomic E-state index is -0.638. The molecule has 7 rings (SSSR count). The van der Waals surface area contributed by atoms with Crippen LogP contribution in [0, 0.1) is 20.8 Å². The lowest BCUT2D eigenvalue weighted by atomic mass is 9.91. The maximum atomic E-state index is 13.2.